The van der Waals surface area contributed by atoms with Gasteiger partial charge in [0.2, 0.25) is 0 Å². The van der Waals surface area contributed by atoms with Crippen LogP contribution in [0.4, 0.5) is 0 Å². The van der Waals surface area contributed by atoms with Crippen LogP contribution in [-0.2, 0) is 42.7 Å². The van der Waals surface area contributed by atoms with Gasteiger partial charge in [-0.1, -0.05) is 198 Å². The summed E-state index contributed by atoms with van der Waals surface area (Å²) in [4.78, 5) is 10.1. The molecule has 0 unspecified atom stereocenters. The Hall–Kier alpha value is -5.61. The molecule has 350 valence electrons. The van der Waals surface area contributed by atoms with Crippen LogP contribution in [0, 0.1) is 6.07 Å². The summed E-state index contributed by atoms with van der Waals surface area (Å²) in [5.41, 5.74) is -4.30. The minimum Gasteiger partial charge on any atom is -0.507 e. The fraction of sp³-hybridized carbons (Fsp3) is 0.290. The predicted octanol–water partition coefficient (Wildman–Crippen LogP) is 15.8. The van der Waals surface area contributed by atoms with E-state index in [4.69, 9.17) is 34.6 Å². The molecule has 0 bridgehead atoms. The van der Waals surface area contributed by atoms with E-state index in [1.165, 1.54) is 0 Å². The van der Waals surface area contributed by atoms with Crippen molar-refractivity contribution in [2.75, 3.05) is 0 Å². The third kappa shape index (κ3) is 8.93. The van der Waals surface area contributed by atoms with Gasteiger partial charge in [-0.2, -0.15) is 0 Å². The second-order valence-corrected chi connectivity index (χ2v) is 24.7. The smallest absolute Gasteiger partial charge is 0.148 e. The van der Waals surface area contributed by atoms with Gasteiger partial charge >= 0.3 is 0 Å². The predicted molar refractivity (Wildman–Crippen MR) is 287 cm³/mol. The van der Waals surface area contributed by atoms with E-state index in [2.05, 4.69) is 31.3 Å². The third-order valence-electron chi connectivity index (χ3n) is 13.0. The molecular weight excluding hydrogens is 1030 g/mol. The Balaban J connectivity index is 0.00000961. The number of benzene rings is 6. The van der Waals surface area contributed by atoms with E-state index in [1.807, 2.05) is 133 Å². The molecule has 0 fully saturated rings. The standard InChI is InChI=1S/C62H66N3OSi.Pt/c1-59(2,3)44-27-28-52(48(36-44)55-35-41-23-18-19-26-54(41)67(55,13)14)65-53-25-20-24-47(56(53)64-58(65)49-37-46(61(7,8)9)38-50(57(49)66)62(10,11)12)42-31-43(33-45(32-42)60(4,5)6)51-34-40(29-30-63-51)39-21-16-15-17-22-39;/h15-30,32-38,66H,1-14H3;/q-1;/i7D3,8D3,9D3,10D3,11D3,12D3;. The minimum atomic E-state index is -4.14. The molecular formula is C62H66N3OPtSi-. The Bertz CT molecular complexity index is 3880. The number of aromatic nitrogens is 3. The molecule has 9 rings (SSSR count). The molecule has 0 amide bonds. The van der Waals surface area contributed by atoms with Gasteiger partial charge < -0.3 is 5.11 Å². The summed E-state index contributed by atoms with van der Waals surface area (Å²) in [6.45, 7) is -7.90. The first-order chi connectivity index (χ1) is 38.9. The average molecular weight is 1110 g/mol. The van der Waals surface area contributed by atoms with Gasteiger partial charge in [-0.15, -0.1) is 29.3 Å². The van der Waals surface area contributed by atoms with Crippen molar-refractivity contribution >= 4 is 35.6 Å². The average Bonchev–Trinajstić information content (AvgIpc) is 0.708. The number of imidazole rings is 1. The summed E-state index contributed by atoms with van der Waals surface area (Å²) in [5, 5.41) is 15.3. The second kappa shape index (κ2) is 17.4. The molecule has 1 aliphatic rings. The van der Waals surface area contributed by atoms with E-state index in [-0.39, 0.29) is 32.4 Å². The van der Waals surface area contributed by atoms with E-state index < -0.39 is 93.3 Å². The molecule has 4 nitrogen and oxygen atoms in total. The Kier molecular flexibility index (Phi) is 7.88. The van der Waals surface area contributed by atoms with Crippen LogP contribution in [0.1, 0.15) is 141 Å². The van der Waals surface area contributed by atoms with Crippen LogP contribution in [0.2, 0.25) is 13.1 Å². The maximum Gasteiger partial charge on any atom is 0.148 e. The summed E-state index contributed by atoms with van der Waals surface area (Å²) in [6.07, 6.45) is 3.82. The molecule has 68 heavy (non-hydrogen) atoms. The normalized spacial score (nSPS) is 18.9. The van der Waals surface area contributed by atoms with Crippen molar-refractivity contribution in [2.24, 2.45) is 0 Å². The maximum atomic E-state index is 13.2. The van der Waals surface area contributed by atoms with Crippen LogP contribution in [0.3, 0.4) is 0 Å². The topological polar surface area (TPSA) is 50.9 Å². The van der Waals surface area contributed by atoms with Crippen molar-refractivity contribution in [1.29, 1.82) is 0 Å². The number of fused-ring (bicyclic) bond motifs is 2. The van der Waals surface area contributed by atoms with Gasteiger partial charge in [-0.05, 0) is 95.8 Å². The molecule has 0 radical (unpaired) electrons. The number of phenolic OH excluding ortho intramolecular Hbond substituents is 1. The summed E-state index contributed by atoms with van der Waals surface area (Å²) in [5.74, 6) is -1.73. The molecule has 0 spiro atoms. The zero-order valence-electron chi connectivity index (χ0n) is 57.4. The number of pyridine rings is 1. The summed E-state index contributed by atoms with van der Waals surface area (Å²) < 4.78 is 161. The van der Waals surface area contributed by atoms with Crippen molar-refractivity contribution in [1.82, 2.24) is 14.5 Å². The zero-order valence-corrected chi connectivity index (χ0v) is 42.7. The van der Waals surface area contributed by atoms with Gasteiger partial charge in [0.15, 0.2) is 0 Å². The Morgan fingerprint density at radius 2 is 1.26 bits per heavy atom. The van der Waals surface area contributed by atoms with E-state index in [9.17, 15) is 5.11 Å². The van der Waals surface area contributed by atoms with Gasteiger partial charge in [0.05, 0.1) is 22.3 Å². The molecule has 0 aliphatic carbocycles. The second-order valence-electron chi connectivity index (χ2n) is 20.4. The molecule has 2 aromatic heterocycles. The van der Waals surface area contributed by atoms with Crippen LogP contribution in [0.5, 0.6) is 5.75 Å². The minimum absolute atomic E-state index is 0. The Morgan fingerprint density at radius 3 is 1.96 bits per heavy atom. The quantitative estimate of drug-likeness (QED) is 0.133. The maximum absolute atomic E-state index is 13.2. The first kappa shape index (κ1) is 30.8. The van der Waals surface area contributed by atoms with E-state index in [0.29, 0.717) is 45.2 Å². The van der Waals surface area contributed by atoms with Gasteiger partial charge in [-0.25, -0.2) is 4.98 Å². The van der Waals surface area contributed by atoms with Crippen LogP contribution >= 0.6 is 0 Å². The first-order valence-electron chi connectivity index (χ1n) is 31.4. The van der Waals surface area contributed by atoms with Gasteiger partial charge in [0.25, 0.3) is 0 Å². The van der Waals surface area contributed by atoms with Crippen LogP contribution in [0.15, 0.2) is 134 Å². The molecule has 1 aliphatic heterocycles. The van der Waals surface area contributed by atoms with E-state index in [0.717, 1.165) is 44.3 Å². The van der Waals surface area contributed by atoms with Crippen molar-refractivity contribution in [2.45, 2.75) is 117 Å². The summed E-state index contributed by atoms with van der Waals surface area (Å²) >= 11 is 0. The number of para-hydroxylation sites is 1. The number of phenols is 1. The van der Waals surface area contributed by atoms with Crippen molar-refractivity contribution in [3.63, 3.8) is 0 Å². The fourth-order valence-corrected chi connectivity index (χ4v) is 12.3. The molecule has 8 aromatic rings. The van der Waals surface area contributed by atoms with Crippen LogP contribution in [-0.4, -0.2) is 27.7 Å². The fourth-order valence-electron chi connectivity index (χ4n) is 9.22. The Labute approximate surface area is 446 Å². The third-order valence-corrected chi connectivity index (χ3v) is 16.6. The molecule has 0 saturated heterocycles. The van der Waals surface area contributed by atoms with E-state index >= 15 is 0 Å². The molecule has 0 atom stereocenters. The van der Waals surface area contributed by atoms with Crippen LogP contribution in [0.25, 0.3) is 72.9 Å². The zero-order chi connectivity index (χ0) is 63.0. The van der Waals surface area contributed by atoms with Gasteiger partial charge in [0.1, 0.15) is 19.6 Å². The van der Waals surface area contributed by atoms with Gasteiger partial charge in [0, 0.05) is 63.2 Å². The molecule has 6 heteroatoms. The number of aromatic hydroxyl groups is 1. The summed E-state index contributed by atoms with van der Waals surface area (Å²) in [7, 11) is -2.69. The number of rotatable bonds is 6. The van der Waals surface area contributed by atoms with Crippen LogP contribution < -0.4 is 5.19 Å². The van der Waals surface area contributed by atoms with Crippen molar-refractivity contribution in [3.8, 4) is 56.3 Å². The number of hydrogen-bond acceptors (Lipinski definition) is 3. The van der Waals surface area contributed by atoms with Gasteiger partial charge in [-0.3, -0.25) is 9.55 Å². The molecule has 3 heterocycles. The monoisotopic (exact) mass is 1110 g/mol. The number of nitrogens with zero attached hydrogens (tertiary/aromatic N) is 3. The largest absolute Gasteiger partial charge is 0.507 e. The Morgan fingerprint density at radius 1 is 0.603 bits per heavy atom. The molecule has 6 aromatic carbocycles. The van der Waals surface area contributed by atoms with E-state index in [1.54, 1.807) is 29.0 Å². The summed E-state index contributed by atoms with van der Waals surface area (Å²) in [6, 6.07) is 41.3. The number of hydrogen-bond donors (Lipinski definition) is 1. The molecule has 0 saturated carbocycles. The molecule has 1 N–H and O–H groups in total. The van der Waals surface area contributed by atoms with Crippen molar-refractivity contribution < 1.29 is 50.8 Å². The first-order valence-corrected chi connectivity index (χ1v) is 25.4. The van der Waals surface area contributed by atoms with Crippen molar-refractivity contribution in [3.05, 3.63) is 173 Å². The SMILES string of the molecule is [2H]C([2H])([2H])C(c1cc(-c2nc3c(-c4[c-]c(-c5cc(-c6ccccc6)ccn5)cc(C(C)(C)C)c4)cccc3n2-c2ccc(C(C)(C)C)cc2C2=Cc3ccccc3[Si]2(C)C)c(O)c(C(C([2H])([2H])[2H])(C([2H])([2H])[2H])C([2H])([2H])[2H])c1)(C([2H])([2H])[2H])C([2H])([2H])[2H].[Pt].